The largest absolute Gasteiger partial charge is 0.355 e. The van der Waals surface area contributed by atoms with Crippen molar-refractivity contribution in [2.45, 2.75) is 91.1 Å². The average Bonchev–Trinajstić information content (AvgIpc) is 3.83. The molecule has 0 radical (unpaired) electrons. The lowest BCUT2D eigenvalue weighted by atomic mass is 9.76. The number of aromatic amines is 2. The molecule has 292 valence electrons. The summed E-state index contributed by atoms with van der Waals surface area (Å²) in [5.41, 5.74) is 6.82. The monoisotopic (exact) mass is 756 g/mol. The number of aryl methyl sites for hydroxylation is 4. The number of aromatic nitrogens is 6. The lowest BCUT2D eigenvalue weighted by Crippen LogP contribution is -2.49. The van der Waals surface area contributed by atoms with Gasteiger partial charge in [-0.15, -0.1) is 13.2 Å². The van der Waals surface area contributed by atoms with Gasteiger partial charge in [0.15, 0.2) is 0 Å². The number of piperidine rings is 2. The SMILES string of the molecule is C=C.CCn1ncc2c(C)cc(-c3ccc([C@@]4(C)CCCNC4=O)c(=O)[nH]3)cc21.CCn1ncc2c(C)cc(-c3ccc([C@@]4(C)CCCNC4=O)c(=O)[nH]3)cc21. The van der Waals surface area contributed by atoms with Crippen LogP contribution >= 0.6 is 0 Å². The second-order valence-corrected chi connectivity index (χ2v) is 15.0. The van der Waals surface area contributed by atoms with Crippen molar-refractivity contribution in [3.05, 3.63) is 117 Å². The van der Waals surface area contributed by atoms with Crippen molar-refractivity contribution in [2.24, 2.45) is 0 Å². The van der Waals surface area contributed by atoms with Crippen LogP contribution in [0.3, 0.4) is 0 Å². The maximum atomic E-state index is 12.8. The Morgan fingerprint density at radius 1 is 0.643 bits per heavy atom. The van der Waals surface area contributed by atoms with Gasteiger partial charge in [-0.3, -0.25) is 28.5 Å². The molecule has 0 aliphatic carbocycles. The fraction of sp³-hybridized carbons (Fsp3) is 0.364. The Labute approximate surface area is 326 Å². The molecule has 2 fully saturated rings. The van der Waals surface area contributed by atoms with Gasteiger partial charge in [-0.25, -0.2) is 0 Å². The highest BCUT2D eigenvalue weighted by Gasteiger charge is 2.40. The van der Waals surface area contributed by atoms with E-state index in [2.05, 4.69) is 82.1 Å². The van der Waals surface area contributed by atoms with Gasteiger partial charge in [-0.05, 0) is 115 Å². The highest BCUT2D eigenvalue weighted by molar-refractivity contribution is 5.90. The van der Waals surface area contributed by atoms with Crippen LogP contribution in [0.15, 0.2) is 83.7 Å². The van der Waals surface area contributed by atoms with E-state index in [1.54, 1.807) is 12.1 Å². The standard InChI is InChI=1S/2C21H24N4O2.C2H4/c2*1-4-25-18-11-14(10-13(2)15(18)12-23-25)17-7-6-16(19(26)24-17)21(3)8-5-9-22-20(21)27;1-2/h2*6-7,10-12H,4-5,8-9H2,1-3H3,(H,22,27)(H,24,26);1-2H2/t2*21-;/m11./s1. The Kier molecular flexibility index (Phi) is 11.3. The van der Waals surface area contributed by atoms with Crippen LogP contribution in [0.2, 0.25) is 0 Å². The zero-order valence-corrected chi connectivity index (χ0v) is 33.3. The topological polar surface area (TPSA) is 160 Å². The average molecular weight is 757 g/mol. The summed E-state index contributed by atoms with van der Waals surface area (Å²) >= 11 is 0. The van der Waals surface area contributed by atoms with Crippen LogP contribution in [-0.4, -0.2) is 54.4 Å². The molecule has 0 unspecified atom stereocenters. The van der Waals surface area contributed by atoms with E-state index < -0.39 is 10.8 Å². The van der Waals surface area contributed by atoms with Crippen LogP contribution < -0.4 is 21.8 Å². The minimum atomic E-state index is -0.773. The molecule has 8 rings (SSSR count). The van der Waals surface area contributed by atoms with E-state index in [0.29, 0.717) is 37.1 Å². The number of rotatable bonds is 6. The van der Waals surface area contributed by atoms with Gasteiger partial charge in [0.25, 0.3) is 11.1 Å². The predicted octanol–water partition coefficient (Wildman–Crippen LogP) is 6.58. The molecule has 6 aromatic rings. The fourth-order valence-electron chi connectivity index (χ4n) is 8.09. The second kappa shape index (κ2) is 16.0. The molecule has 0 spiro atoms. The molecule has 2 aromatic carbocycles. The van der Waals surface area contributed by atoms with Crippen molar-refractivity contribution in [1.29, 1.82) is 0 Å². The van der Waals surface area contributed by atoms with E-state index in [1.165, 1.54) is 0 Å². The molecule has 56 heavy (non-hydrogen) atoms. The van der Waals surface area contributed by atoms with Gasteiger partial charge < -0.3 is 20.6 Å². The molecule has 2 amide bonds. The Morgan fingerprint density at radius 2 is 1.04 bits per heavy atom. The number of nitrogens with zero attached hydrogens (tertiary/aromatic N) is 4. The summed E-state index contributed by atoms with van der Waals surface area (Å²) in [6.07, 6.45) is 6.88. The normalized spacial score (nSPS) is 19.4. The molecule has 6 heterocycles. The van der Waals surface area contributed by atoms with Crippen molar-refractivity contribution in [2.75, 3.05) is 13.1 Å². The van der Waals surface area contributed by atoms with Crippen molar-refractivity contribution < 1.29 is 9.59 Å². The van der Waals surface area contributed by atoms with Crippen LogP contribution in [-0.2, 0) is 33.5 Å². The van der Waals surface area contributed by atoms with Crippen LogP contribution in [0.1, 0.15) is 75.6 Å². The molecule has 2 atom stereocenters. The van der Waals surface area contributed by atoms with E-state index in [4.69, 9.17) is 0 Å². The first-order valence-electron chi connectivity index (χ1n) is 19.3. The summed E-state index contributed by atoms with van der Waals surface area (Å²) < 4.78 is 3.90. The highest BCUT2D eigenvalue weighted by atomic mass is 16.2. The maximum Gasteiger partial charge on any atom is 0.252 e. The van der Waals surface area contributed by atoms with Crippen molar-refractivity contribution in [1.82, 2.24) is 40.2 Å². The lowest BCUT2D eigenvalue weighted by molar-refractivity contribution is -0.128. The highest BCUT2D eigenvalue weighted by Crippen LogP contribution is 2.33. The van der Waals surface area contributed by atoms with Gasteiger partial charge >= 0.3 is 0 Å². The molecule has 0 saturated carbocycles. The zero-order chi connectivity index (χ0) is 40.4. The first kappa shape index (κ1) is 39.6. The molecule has 4 N–H and O–H groups in total. The number of nitrogens with one attached hydrogen (secondary N) is 4. The summed E-state index contributed by atoms with van der Waals surface area (Å²) in [4.78, 5) is 56.4. The smallest absolute Gasteiger partial charge is 0.252 e. The van der Waals surface area contributed by atoms with Crippen LogP contribution in [0.4, 0.5) is 0 Å². The summed E-state index contributed by atoms with van der Waals surface area (Å²) in [6, 6.07) is 15.6. The molecule has 4 aromatic heterocycles. The van der Waals surface area contributed by atoms with Gasteiger partial charge in [0.05, 0.1) is 34.3 Å². The fourth-order valence-corrected chi connectivity index (χ4v) is 8.09. The first-order chi connectivity index (χ1) is 26.9. The maximum absolute atomic E-state index is 12.8. The van der Waals surface area contributed by atoms with Crippen LogP contribution in [0.25, 0.3) is 44.3 Å². The van der Waals surface area contributed by atoms with E-state index in [9.17, 15) is 19.2 Å². The Hall–Kier alpha value is -6.04. The molecular formula is C44H52N8O4. The third kappa shape index (κ3) is 7.11. The number of fused-ring (bicyclic) bond motifs is 2. The van der Waals surface area contributed by atoms with E-state index >= 15 is 0 Å². The number of H-pyrrole nitrogens is 2. The third-order valence-electron chi connectivity index (χ3n) is 11.4. The molecule has 2 aliphatic rings. The minimum Gasteiger partial charge on any atom is -0.355 e. The Morgan fingerprint density at radius 3 is 1.38 bits per heavy atom. The predicted molar refractivity (Wildman–Crippen MR) is 223 cm³/mol. The van der Waals surface area contributed by atoms with Crippen LogP contribution in [0, 0.1) is 13.8 Å². The zero-order valence-electron chi connectivity index (χ0n) is 33.3. The van der Waals surface area contributed by atoms with Gasteiger partial charge in [-0.2, -0.15) is 10.2 Å². The number of carbonyl (C=O) groups is 2. The van der Waals surface area contributed by atoms with Crippen LogP contribution in [0.5, 0.6) is 0 Å². The van der Waals surface area contributed by atoms with E-state index in [0.717, 1.165) is 81.4 Å². The number of amides is 2. The van der Waals surface area contributed by atoms with Gasteiger partial charge in [-0.1, -0.05) is 12.1 Å². The molecular weight excluding hydrogens is 705 g/mol. The quantitative estimate of drug-likeness (QED) is 0.141. The van der Waals surface area contributed by atoms with E-state index in [-0.39, 0.29) is 22.9 Å². The number of benzene rings is 2. The lowest BCUT2D eigenvalue weighted by Gasteiger charge is -2.32. The summed E-state index contributed by atoms with van der Waals surface area (Å²) in [5.74, 6) is -0.146. The van der Waals surface area contributed by atoms with Gasteiger partial charge in [0, 0.05) is 70.6 Å². The Bertz CT molecular complexity index is 2380. The van der Waals surface area contributed by atoms with Gasteiger partial charge in [0.2, 0.25) is 11.8 Å². The summed E-state index contributed by atoms with van der Waals surface area (Å²) in [6.45, 7) is 20.8. The van der Waals surface area contributed by atoms with E-state index in [1.807, 2.05) is 61.6 Å². The number of carbonyl (C=O) groups excluding carboxylic acids is 2. The second-order valence-electron chi connectivity index (χ2n) is 15.0. The van der Waals surface area contributed by atoms with Crippen molar-refractivity contribution in [3.8, 4) is 22.5 Å². The van der Waals surface area contributed by atoms with Crippen molar-refractivity contribution in [3.63, 3.8) is 0 Å². The molecule has 0 bridgehead atoms. The molecule has 2 saturated heterocycles. The molecule has 12 heteroatoms. The summed E-state index contributed by atoms with van der Waals surface area (Å²) in [7, 11) is 0. The Balaban J connectivity index is 0.000000182. The minimum absolute atomic E-state index is 0.0730. The first-order valence-corrected chi connectivity index (χ1v) is 19.3. The molecule has 2 aliphatic heterocycles. The van der Waals surface area contributed by atoms with Crippen molar-refractivity contribution >= 4 is 33.6 Å². The third-order valence-corrected chi connectivity index (χ3v) is 11.4. The number of pyridine rings is 2. The number of hydrogen-bond donors (Lipinski definition) is 4. The van der Waals surface area contributed by atoms with Gasteiger partial charge in [0.1, 0.15) is 0 Å². The molecule has 12 nitrogen and oxygen atoms in total. The number of hydrogen-bond acceptors (Lipinski definition) is 6. The summed E-state index contributed by atoms with van der Waals surface area (Å²) in [5, 5.41) is 16.8.